The number of hydrogen-bond acceptors (Lipinski definition) is 5. The van der Waals surface area contributed by atoms with Gasteiger partial charge in [-0.25, -0.2) is 0 Å². The standard InChI is InChI=1S/C22H32N4O2S.HI/c1-3-23-22(24-11-10-18-7-4-5-8-20(18)27-2)25-17-19(21-9-6-16-29-21)26-12-14-28-15-13-26;/h4-9,16,19H,3,10-15,17H2,1-2H3,(H2,23,24,25);1H. The maximum Gasteiger partial charge on any atom is 0.191 e. The Morgan fingerprint density at radius 3 is 2.70 bits per heavy atom. The largest absolute Gasteiger partial charge is 0.496 e. The molecule has 0 aliphatic carbocycles. The Morgan fingerprint density at radius 1 is 1.20 bits per heavy atom. The van der Waals surface area contributed by atoms with Crippen molar-refractivity contribution < 1.29 is 9.47 Å². The summed E-state index contributed by atoms with van der Waals surface area (Å²) in [6, 6.07) is 12.8. The maximum atomic E-state index is 5.54. The topological polar surface area (TPSA) is 58.1 Å². The van der Waals surface area contributed by atoms with E-state index < -0.39 is 0 Å². The number of nitrogens with zero attached hydrogens (tertiary/aromatic N) is 2. The zero-order valence-corrected chi connectivity index (χ0v) is 20.9. The van der Waals surface area contributed by atoms with Crippen LogP contribution in [0.1, 0.15) is 23.4 Å². The molecule has 2 N–H and O–H groups in total. The van der Waals surface area contributed by atoms with Crippen LogP contribution in [0.3, 0.4) is 0 Å². The van der Waals surface area contributed by atoms with Gasteiger partial charge in [0.25, 0.3) is 0 Å². The number of para-hydroxylation sites is 1. The zero-order chi connectivity index (χ0) is 20.3. The molecule has 6 nitrogen and oxygen atoms in total. The molecule has 1 unspecified atom stereocenters. The van der Waals surface area contributed by atoms with E-state index in [2.05, 4.69) is 46.0 Å². The van der Waals surface area contributed by atoms with E-state index in [0.29, 0.717) is 6.04 Å². The van der Waals surface area contributed by atoms with Crippen molar-refractivity contribution in [1.82, 2.24) is 15.5 Å². The molecule has 166 valence electrons. The third-order valence-corrected chi connectivity index (χ3v) is 5.98. The molecule has 8 heteroatoms. The van der Waals surface area contributed by atoms with Crippen LogP contribution in [-0.2, 0) is 11.2 Å². The Kier molecular flexibility index (Phi) is 11.5. The molecule has 1 fully saturated rings. The number of methoxy groups -OCH3 is 1. The van der Waals surface area contributed by atoms with Gasteiger partial charge in [0.15, 0.2) is 5.96 Å². The number of benzene rings is 1. The predicted octanol–water partition coefficient (Wildman–Crippen LogP) is 3.55. The van der Waals surface area contributed by atoms with Crippen molar-refractivity contribution in [3.05, 3.63) is 52.2 Å². The molecule has 30 heavy (non-hydrogen) atoms. The molecule has 1 aromatic carbocycles. The van der Waals surface area contributed by atoms with Crippen molar-refractivity contribution in [1.29, 1.82) is 0 Å². The summed E-state index contributed by atoms with van der Waals surface area (Å²) in [5.41, 5.74) is 1.20. The van der Waals surface area contributed by atoms with Crippen LogP contribution in [-0.4, -0.2) is 63.9 Å². The first-order chi connectivity index (χ1) is 14.3. The van der Waals surface area contributed by atoms with Crippen molar-refractivity contribution in [2.24, 2.45) is 4.99 Å². The number of aliphatic imine (C=N–C) groups is 1. The fraction of sp³-hybridized carbons (Fsp3) is 0.500. The quantitative estimate of drug-likeness (QED) is 0.288. The average Bonchev–Trinajstić information content (AvgIpc) is 3.29. The number of ether oxygens (including phenoxy) is 2. The van der Waals surface area contributed by atoms with Crippen LogP contribution in [0.4, 0.5) is 0 Å². The fourth-order valence-corrected chi connectivity index (χ4v) is 4.35. The van der Waals surface area contributed by atoms with E-state index in [-0.39, 0.29) is 24.0 Å². The second-order valence-corrected chi connectivity index (χ2v) is 7.87. The van der Waals surface area contributed by atoms with Crippen LogP contribution < -0.4 is 15.4 Å². The second-order valence-electron chi connectivity index (χ2n) is 6.89. The monoisotopic (exact) mass is 544 g/mol. The number of thiophene rings is 1. The molecule has 0 bridgehead atoms. The number of nitrogens with one attached hydrogen (secondary N) is 2. The molecule has 0 saturated carbocycles. The molecule has 0 amide bonds. The van der Waals surface area contributed by atoms with E-state index in [4.69, 9.17) is 14.5 Å². The van der Waals surface area contributed by atoms with E-state index in [1.165, 1.54) is 10.4 Å². The lowest BCUT2D eigenvalue weighted by Crippen LogP contribution is -2.42. The van der Waals surface area contributed by atoms with Gasteiger partial charge in [-0.15, -0.1) is 35.3 Å². The molecule has 3 rings (SSSR count). The van der Waals surface area contributed by atoms with Gasteiger partial charge < -0.3 is 20.1 Å². The highest BCUT2D eigenvalue weighted by Crippen LogP contribution is 2.26. The van der Waals surface area contributed by atoms with Crippen LogP contribution in [0.25, 0.3) is 0 Å². The molecule has 1 saturated heterocycles. The molecule has 2 aromatic rings. The first-order valence-corrected chi connectivity index (χ1v) is 11.2. The Balaban J connectivity index is 0.00000320. The van der Waals surface area contributed by atoms with Crippen LogP contribution in [0, 0.1) is 0 Å². The van der Waals surface area contributed by atoms with Crippen LogP contribution in [0.5, 0.6) is 5.75 Å². The Morgan fingerprint density at radius 2 is 2.00 bits per heavy atom. The van der Waals surface area contributed by atoms with Crippen molar-refractivity contribution in [2.45, 2.75) is 19.4 Å². The van der Waals surface area contributed by atoms with Gasteiger partial charge in [0, 0.05) is 31.1 Å². The Hall–Kier alpha value is -1.36. The Labute approximate surface area is 201 Å². The van der Waals surface area contributed by atoms with Gasteiger partial charge in [0.05, 0.1) is 32.9 Å². The van der Waals surface area contributed by atoms with Crippen LogP contribution in [0.2, 0.25) is 0 Å². The third-order valence-electron chi connectivity index (χ3n) is 5.00. The summed E-state index contributed by atoms with van der Waals surface area (Å²) in [4.78, 5) is 8.75. The summed E-state index contributed by atoms with van der Waals surface area (Å²) in [5.74, 6) is 1.79. The van der Waals surface area contributed by atoms with E-state index in [1.807, 2.05) is 18.2 Å². The number of halogens is 1. The summed E-state index contributed by atoms with van der Waals surface area (Å²) in [5, 5.41) is 8.98. The molecule has 1 aliphatic rings. The molecule has 1 aromatic heterocycles. The van der Waals surface area contributed by atoms with Gasteiger partial charge in [-0.05, 0) is 36.4 Å². The Bertz CT molecular complexity index is 751. The van der Waals surface area contributed by atoms with Gasteiger partial charge >= 0.3 is 0 Å². The first kappa shape index (κ1) is 24.9. The second kappa shape index (κ2) is 13.8. The van der Waals surface area contributed by atoms with Crippen LogP contribution in [0.15, 0.2) is 46.8 Å². The molecule has 1 atom stereocenters. The smallest absolute Gasteiger partial charge is 0.191 e. The lowest BCUT2D eigenvalue weighted by atomic mass is 10.1. The van der Waals surface area contributed by atoms with Gasteiger partial charge in [-0.3, -0.25) is 9.89 Å². The maximum absolute atomic E-state index is 5.54. The van der Waals surface area contributed by atoms with Gasteiger partial charge in [0.1, 0.15) is 5.75 Å². The highest BCUT2D eigenvalue weighted by molar-refractivity contribution is 14.0. The number of rotatable bonds is 9. The summed E-state index contributed by atoms with van der Waals surface area (Å²) >= 11 is 1.80. The molecular formula is C22H33IN4O2S. The minimum atomic E-state index is 0. The summed E-state index contributed by atoms with van der Waals surface area (Å²) in [6.45, 7) is 7.95. The van der Waals surface area contributed by atoms with E-state index >= 15 is 0 Å². The lowest BCUT2D eigenvalue weighted by Gasteiger charge is -2.33. The summed E-state index contributed by atoms with van der Waals surface area (Å²) in [6.07, 6.45) is 0.881. The summed E-state index contributed by atoms with van der Waals surface area (Å²) < 4.78 is 11.0. The van der Waals surface area contributed by atoms with E-state index in [1.54, 1.807) is 18.4 Å². The third kappa shape index (κ3) is 7.40. The SMILES string of the molecule is CCNC(=NCC(c1cccs1)N1CCOCC1)NCCc1ccccc1OC.I. The van der Waals surface area contributed by atoms with Crippen LogP contribution >= 0.6 is 35.3 Å². The van der Waals surface area contributed by atoms with Crippen molar-refractivity contribution in [3.8, 4) is 5.75 Å². The van der Waals surface area contributed by atoms with E-state index in [0.717, 1.165) is 64.1 Å². The number of hydrogen-bond donors (Lipinski definition) is 2. The highest BCUT2D eigenvalue weighted by atomic mass is 127. The van der Waals surface area contributed by atoms with Gasteiger partial charge in [-0.1, -0.05) is 24.3 Å². The first-order valence-electron chi connectivity index (χ1n) is 10.3. The predicted molar refractivity (Wildman–Crippen MR) is 136 cm³/mol. The zero-order valence-electron chi connectivity index (χ0n) is 17.8. The van der Waals surface area contributed by atoms with Crippen molar-refractivity contribution >= 4 is 41.3 Å². The molecule has 0 spiro atoms. The minimum Gasteiger partial charge on any atom is -0.496 e. The van der Waals surface area contributed by atoms with E-state index in [9.17, 15) is 0 Å². The lowest BCUT2D eigenvalue weighted by molar-refractivity contribution is 0.0186. The van der Waals surface area contributed by atoms with Crippen molar-refractivity contribution in [2.75, 3.05) is 53.0 Å². The summed E-state index contributed by atoms with van der Waals surface area (Å²) in [7, 11) is 1.72. The van der Waals surface area contributed by atoms with Gasteiger partial charge in [0.2, 0.25) is 0 Å². The fourth-order valence-electron chi connectivity index (χ4n) is 3.50. The molecule has 2 heterocycles. The number of guanidine groups is 1. The van der Waals surface area contributed by atoms with Gasteiger partial charge in [-0.2, -0.15) is 0 Å². The average molecular weight is 545 g/mol. The molecule has 0 radical (unpaired) electrons. The van der Waals surface area contributed by atoms with Crippen molar-refractivity contribution in [3.63, 3.8) is 0 Å². The molecular weight excluding hydrogens is 511 g/mol. The molecule has 1 aliphatic heterocycles. The number of morpholine rings is 1. The highest BCUT2D eigenvalue weighted by Gasteiger charge is 2.23. The minimum absolute atomic E-state index is 0. The normalized spacial score (nSPS) is 15.9.